The largest absolute Gasteiger partial charge is 0.481 e. The van der Waals surface area contributed by atoms with Gasteiger partial charge in [-0.15, -0.1) is 0 Å². The summed E-state index contributed by atoms with van der Waals surface area (Å²) in [6.07, 6.45) is 0. The molecule has 0 aromatic heterocycles. The molecule has 6 heteroatoms. The van der Waals surface area contributed by atoms with Crippen molar-refractivity contribution in [2.45, 2.75) is 6.92 Å². The van der Waals surface area contributed by atoms with E-state index in [1.807, 2.05) is 0 Å². The van der Waals surface area contributed by atoms with Crippen molar-refractivity contribution in [2.24, 2.45) is 5.92 Å². The number of hydrogen-bond acceptors (Lipinski definition) is 4. The fourth-order valence-corrected chi connectivity index (χ4v) is 2.05. The summed E-state index contributed by atoms with van der Waals surface area (Å²) in [5, 5.41) is 11.4. The molecule has 20 heavy (non-hydrogen) atoms. The van der Waals surface area contributed by atoms with Gasteiger partial charge in [0.2, 0.25) is 5.91 Å². The van der Waals surface area contributed by atoms with Crippen LogP contribution >= 0.6 is 0 Å². The normalized spacial score (nSPS) is 15.4. The van der Waals surface area contributed by atoms with Crippen molar-refractivity contribution in [1.82, 2.24) is 4.90 Å². The lowest BCUT2D eigenvalue weighted by Gasteiger charge is -2.35. The number of aliphatic carboxylic acids is 1. The predicted molar refractivity (Wildman–Crippen MR) is 72.6 cm³/mol. The van der Waals surface area contributed by atoms with E-state index < -0.39 is 5.97 Å². The van der Waals surface area contributed by atoms with E-state index >= 15 is 0 Å². The number of benzene rings is 1. The van der Waals surface area contributed by atoms with E-state index in [4.69, 9.17) is 5.11 Å². The first-order valence-corrected chi connectivity index (χ1v) is 6.31. The Morgan fingerprint density at radius 1 is 1.25 bits per heavy atom. The quantitative estimate of drug-likeness (QED) is 0.778. The van der Waals surface area contributed by atoms with Gasteiger partial charge in [-0.3, -0.25) is 19.3 Å². The minimum absolute atomic E-state index is 0.0248. The number of anilines is 1. The van der Waals surface area contributed by atoms with Crippen LogP contribution in [0, 0.1) is 5.92 Å². The van der Waals surface area contributed by atoms with Gasteiger partial charge in [-0.1, -0.05) is 0 Å². The standard InChI is InChI=1S/C14H16N2O4/c1-9(17)10-2-4-12(5-3-10)15-13(18)8-16-6-11(7-16)14(19)20/h2-5,11H,6-8H2,1H3,(H,15,18)(H,19,20). The second kappa shape index (κ2) is 5.83. The van der Waals surface area contributed by atoms with Gasteiger partial charge < -0.3 is 10.4 Å². The van der Waals surface area contributed by atoms with E-state index in [1.165, 1.54) is 6.92 Å². The van der Waals surface area contributed by atoms with Crippen LogP contribution in [0.3, 0.4) is 0 Å². The summed E-state index contributed by atoms with van der Waals surface area (Å²) in [6.45, 7) is 2.48. The van der Waals surface area contributed by atoms with E-state index in [1.54, 1.807) is 29.2 Å². The maximum Gasteiger partial charge on any atom is 0.309 e. The van der Waals surface area contributed by atoms with Crippen molar-refractivity contribution in [3.63, 3.8) is 0 Å². The predicted octanol–water partition coefficient (Wildman–Crippen LogP) is 0.844. The van der Waals surface area contributed by atoms with Gasteiger partial charge in [0, 0.05) is 24.3 Å². The van der Waals surface area contributed by atoms with Crippen molar-refractivity contribution >= 4 is 23.3 Å². The van der Waals surface area contributed by atoms with E-state index in [0.29, 0.717) is 24.3 Å². The highest BCUT2D eigenvalue weighted by Crippen LogP contribution is 2.15. The highest BCUT2D eigenvalue weighted by molar-refractivity contribution is 5.96. The van der Waals surface area contributed by atoms with Gasteiger partial charge in [-0.2, -0.15) is 0 Å². The summed E-state index contributed by atoms with van der Waals surface area (Å²) >= 11 is 0. The average molecular weight is 276 g/mol. The zero-order valence-corrected chi connectivity index (χ0v) is 11.1. The molecule has 6 nitrogen and oxygen atoms in total. The molecule has 1 amide bonds. The summed E-state index contributed by atoms with van der Waals surface area (Å²) in [5.74, 6) is -1.40. The summed E-state index contributed by atoms with van der Waals surface area (Å²) < 4.78 is 0. The number of rotatable bonds is 5. The van der Waals surface area contributed by atoms with Crippen LogP contribution < -0.4 is 5.32 Å². The summed E-state index contributed by atoms with van der Waals surface area (Å²) in [4.78, 5) is 35.3. The number of carbonyl (C=O) groups excluding carboxylic acids is 2. The molecule has 2 N–H and O–H groups in total. The third-order valence-corrected chi connectivity index (χ3v) is 3.25. The number of carbonyl (C=O) groups is 3. The Morgan fingerprint density at radius 2 is 1.85 bits per heavy atom. The Hall–Kier alpha value is -2.21. The van der Waals surface area contributed by atoms with Crippen molar-refractivity contribution < 1.29 is 19.5 Å². The molecule has 1 heterocycles. The second-order valence-corrected chi connectivity index (χ2v) is 4.91. The van der Waals surface area contributed by atoms with Crippen LogP contribution in [0.15, 0.2) is 24.3 Å². The van der Waals surface area contributed by atoms with Crippen molar-refractivity contribution in [1.29, 1.82) is 0 Å². The molecule has 0 spiro atoms. The lowest BCUT2D eigenvalue weighted by molar-refractivity contribution is -0.148. The monoisotopic (exact) mass is 276 g/mol. The van der Waals surface area contributed by atoms with E-state index in [2.05, 4.69) is 5.32 Å². The maximum absolute atomic E-state index is 11.7. The molecule has 1 saturated heterocycles. The summed E-state index contributed by atoms with van der Waals surface area (Å²) in [6, 6.07) is 6.65. The Balaban J connectivity index is 1.80. The first-order valence-electron chi connectivity index (χ1n) is 6.31. The molecule has 0 saturated carbocycles. The van der Waals surface area contributed by atoms with Gasteiger partial charge >= 0.3 is 5.97 Å². The molecule has 106 valence electrons. The van der Waals surface area contributed by atoms with E-state index in [-0.39, 0.29) is 24.2 Å². The minimum Gasteiger partial charge on any atom is -0.481 e. The first kappa shape index (κ1) is 14.2. The molecule has 1 aromatic carbocycles. The van der Waals surface area contributed by atoms with E-state index in [9.17, 15) is 14.4 Å². The number of Topliss-reactive ketones (excluding diaryl/α,β-unsaturated/α-hetero) is 1. The smallest absolute Gasteiger partial charge is 0.309 e. The number of ketones is 1. The van der Waals surface area contributed by atoms with Crippen LogP contribution in [0.25, 0.3) is 0 Å². The molecular weight excluding hydrogens is 260 g/mol. The molecule has 0 radical (unpaired) electrons. The highest BCUT2D eigenvalue weighted by atomic mass is 16.4. The van der Waals surface area contributed by atoms with Crippen molar-refractivity contribution in [2.75, 3.05) is 25.0 Å². The molecule has 1 aliphatic rings. The number of carboxylic acid groups (broad SMARTS) is 1. The molecule has 0 unspecified atom stereocenters. The van der Waals surface area contributed by atoms with Crippen molar-refractivity contribution in [3.05, 3.63) is 29.8 Å². The minimum atomic E-state index is -0.818. The number of nitrogens with zero attached hydrogens (tertiary/aromatic N) is 1. The Labute approximate surface area is 116 Å². The number of hydrogen-bond donors (Lipinski definition) is 2. The van der Waals surface area contributed by atoms with Crippen LogP contribution in [-0.4, -0.2) is 47.3 Å². The molecule has 0 bridgehead atoms. The van der Waals surface area contributed by atoms with Crippen LogP contribution in [0.4, 0.5) is 5.69 Å². The van der Waals surface area contributed by atoms with Gasteiger partial charge in [-0.05, 0) is 31.2 Å². The number of likely N-dealkylation sites (tertiary alicyclic amines) is 1. The molecule has 1 aromatic rings. The van der Waals surface area contributed by atoms with Crippen molar-refractivity contribution in [3.8, 4) is 0 Å². The molecule has 1 fully saturated rings. The molecule has 0 aliphatic carbocycles. The first-order chi connectivity index (χ1) is 9.45. The SMILES string of the molecule is CC(=O)c1ccc(NC(=O)CN2CC(C(=O)O)C2)cc1. The lowest BCUT2D eigenvalue weighted by atomic mass is 10.0. The molecule has 0 atom stereocenters. The van der Waals surface area contributed by atoms with Gasteiger partial charge in [0.15, 0.2) is 5.78 Å². The fraction of sp³-hybridized carbons (Fsp3) is 0.357. The van der Waals surface area contributed by atoms with Gasteiger partial charge in [0.1, 0.15) is 0 Å². The van der Waals surface area contributed by atoms with E-state index in [0.717, 1.165) is 0 Å². The second-order valence-electron chi connectivity index (χ2n) is 4.91. The Morgan fingerprint density at radius 3 is 2.35 bits per heavy atom. The molecular formula is C14H16N2O4. The zero-order valence-electron chi connectivity index (χ0n) is 11.1. The average Bonchev–Trinajstić information content (AvgIpc) is 2.33. The van der Waals surface area contributed by atoms with Gasteiger partial charge in [-0.25, -0.2) is 0 Å². The Kier molecular flexibility index (Phi) is 4.14. The number of carboxylic acids is 1. The topological polar surface area (TPSA) is 86.7 Å². The maximum atomic E-state index is 11.7. The highest BCUT2D eigenvalue weighted by Gasteiger charge is 2.33. The number of amides is 1. The third kappa shape index (κ3) is 3.42. The Bertz CT molecular complexity index is 533. The van der Waals surface area contributed by atoms with Gasteiger partial charge in [0.05, 0.1) is 12.5 Å². The molecule has 1 aliphatic heterocycles. The molecule has 2 rings (SSSR count). The van der Waals surface area contributed by atoms with Gasteiger partial charge in [0.25, 0.3) is 0 Å². The zero-order chi connectivity index (χ0) is 14.7. The summed E-state index contributed by atoms with van der Waals surface area (Å²) in [7, 11) is 0. The number of nitrogens with one attached hydrogen (secondary N) is 1. The fourth-order valence-electron chi connectivity index (χ4n) is 2.05. The van der Waals surface area contributed by atoms with Crippen LogP contribution in [0.1, 0.15) is 17.3 Å². The van der Waals surface area contributed by atoms with Crippen LogP contribution in [-0.2, 0) is 9.59 Å². The lowest BCUT2D eigenvalue weighted by Crippen LogP contribution is -2.52. The van der Waals surface area contributed by atoms with Crippen LogP contribution in [0.5, 0.6) is 0 Å². The van der Waals surface area contributed by atoms with Crippen LogP contribution in [0.2, 0.25) is 0 Å². The third-order valence-electron chi connectivity index (χ3n) is 3.25. The summed E-state index contributed by atoms with van der Waals surface area (Å²) in [5.41, 5.74) is 1.21.